The molecule has 0 bridgehead atoms. The van der Waals surface area contributed by atoms with Crippen LogP contribution in [0.3, 0.4) is 0 Å². The zero-order valence-electron chi connectivity index (χ0n) is 12.7. The fourth-order valence-electron chi connectivity index (χ4n) is 1.82. The SMILES string of the molecule is Cc1ccc(OC(=O)CN(C)S(=O)(=O)c2ccc(F)cc2)cc1. The summed E-state index contributed by atoms with van der Waals surface area (Å²) in [6.07, 6.45) is 0. The standard InChI is InChI=1S/C16H16FNO4S/c1-12-3-7-14(8-4-12)22-16(19)11-18(2)23(20,21)15-9-5-13(17)6-10-15/h3-10H,11H2,1-2H3. The molecular weight excluding hydrogens is 321 g/mol. The molecule has 0 aliphatic heterocycles. The molecule has 0 fully saturated rings. The van der Waals surface area contributed by atoms with Gasteiger partial charge in [0.15, 0.2) is 0 Å². The quantitative estimate of drug-likeness (QED) is 0.621. The van der Waals surface area contributed by atoms with E-state index in [2.05, 4.69) is 0 Å². The van der Waals surface area contributed by atoms with Gasteiger partial charge in [0.1, 0.15) is 18.1 Å². The summed E-state index contributed by atoms with van der Waals surface area (Å²) in [6, 6.07) is 11.2. The van der Waals surface area contributed by atoms with Gasteiger partial charge in [0, 0.05) is 7.05 Å². The minimum absolute atomic E-state index is 0.0930. The van der Waals surface area contributed by atoms with Gasteiger partial charge in [0.05, 0.1) is 4.90 Å². The minimum Gasteiger partial charge on any atom is -0.426 e. The number of hydrogen-bond acceptors (Lipinski definition) is 4. The lowest BCUT2D eigenvalue weighted by atomic mass is 10.2. The Kier molecular flexibility index (Phi) is 5.12. The number of ether oxygens (including phenoxy) is 1. The first-order valence-electron chi connectivity index (χ1n) is 6.78. The van der Waals surface area contributed by atoms with E-state index in [1.165, 1.54) is 7.05 Å². The van der Waals surface area contributed by atoms with Crippen molar-refractivity contribution in [2.24, 2.45) is 0 Å². The molecule has 0 unspecified atom stereocenters. The van der Waals surface area contributed by atoms with Gasteiger partial charge in [0.25, 0.3) is 0 Å². The third kappa shape index (κ3) is 4.37. The highest BCUT2D eigenvalue weighted by Gasteiger charge is 2.23. The monoisotopic (exact) mass is 337 g/mol. The number of aryl methyl sites for hydroxylation is 1. The van der Waals surface area contributed by atoms with Crippen molar-refractivity contribution in [3.05, 3.63) is 59.9 Å². The Morgan fingerprint density at radius 2 is 1.65 bits per heavy atom. The molecule has 0 N–H and O–H groups in total. The van der Waals surface area contributed by atoms with Crippen molar-refractivity contribution in [2.75, 3.05) is 13.6 Å². The van der Waals surface area contributed by atoms with E-state index in [-0.39, 0.29) is 4.90 Å². The average Bonchev–Trinajstić information content (AvgIpc) is 2.50. The minimum atomic E-state index is -3.88. The van der Waals surface area contributed by atoms with Gasteiger partial charge in [-0.15, -0.1) is 0 Å². The lowest BCUT2D eigenvalue weighted by molar-refractivity contribution is -0.134. The molecule has 2 aromatic carbocycles. The van der Waals surface area contributed by atoms with Gasteiger partial charge in [-0.25, -0.2) is 12.8 Å². The van der Waals surface area contributed by atoms with Crippen molar-refractivity contribution in [1.29, 1.82) is 0 Å². The van der Waals surface area contributed by atoms with Crippen LogP contribution in [0.4, 0.5) is 4.39 Å². The number of carbonyl (C=O) groups excluding carboxylic acids is 1. The molecule has 0 aromatic heterocycles. The molecule has 0 radical (unpaired) electrons. The first-order valence-corrected chi connectivity index (χ1v) is 8.22. The van der Waals surface area contributed by atoms with E-state index in [1.54, 1.807) is 24.3 Å². The number of nitrogens with zero attached hydrogens (tertiary/aromatic N) is 1. The maximum absolute atomic E-state index is 12.9. The van der Waals surface area contributed by atoms with E-state index >= 15 is 0 Å². The summed E-state index contributed by atoms with van der Waals surface area (Å²) < 4.78 is 43.4. The van der Waals surface area contributed by atoms with Crippen LogP contribution in [-0.4, -0.2) is 32.3 Å². The number of benzene rings is 2. The average molecular weight is 337 g/mol. The van der Waals surface area contributed by atoms with E-state index in [9.17, 15) is 17.6 Å². The first-order chi connectivity index (χ1) is 10.8. The van der Waals surface area contributed by atoms with Gasteiger partial charge >= 0.3 is 5.97 Å². The largest absolute Gasteiger partial charge is 0.426 e. The summed E-state index contributed by atoms with van der Waals surface area (Å²) in [5.41, 5.74) is 1.01. The van der Waals surface area contributed by atoms with Crippen LogP contribution in [0.25, 0.3) is 0 Å². The fraction of sp³-hybridized carbons (Fsp3) is 0.188. The van der Waals surface area contributed by atoms with E-state index < -0.39 is 28.4 Å². The highest BCUT2D eigenvalue weighted by molar-refractivity contribution is 7.89. The molecular formula is C16H16FNO4S. The maximum atomic E-state index is 12.9. The van der Waals surface area contributed by atoms with Crippen LogP contribution < -0.4 is 4.74 Å². The third-order valence-electron chi connectivity index (χ3n) is 3.13. The number of sulfonamides is 1. The smallest absolute Gasteiger partial charge is 0.326 e. The van der Waals surface area contributed by atoms with E-state index in [0.29, 0.717) is 5.75 Å². The van der Waals surface area contributed by atoms with E-state index in [4.69, 9.17) is 4.74 Å². The Morgan fingerprint density at radius 3 is 2.22 bits per heavy atom. The predicted octanol–water partition coefficient (Wildman–Crippen LogP) is 2.36. The van der Waals surface area contributed by atoms with Crippen LogP contribution >= 0.6 is 0 Å². The van der Waals surface area contributed by atoms with Gasteiger partial charge in [-0.1, -0.05) is 17.7 Å². The van der Waals surface area contributed by atoms with Crippen molar-refractivity contribution in [3.63, 3.8) is 0 Å². The molecule has 2 aromatic rings. The zero-order valence-corrected chi connectivity index (χ0v) is 13.5. The van der Waals surface area contributed by atoms with Crippen LogP contribution in [0.15, 0.2) is 53.4 Å². The number of hydrogen-bond donors (Lipinski definition) is 0. The van der Waals surface area contributed by atoms with E-state index in [0.717, 1.165) is 34.1 Å². The van der Waals surface area contributed by atoms with Crippen LogP contribution in [0, 0.1) is 12.7 Å². The molecule has 0 saturated heterocycles. The Labute approximate surface area is 134 Å². The van der Waals surface area contributed by atoms with Gasteiger partial charge in [-0.05, 0) is 43.3 Å². The molecule has 0 heterocycles. The van der Waals surface area contributed by atoms with Gasteiger partial charge in [-0.2, -0.15) is 4.31 Å². The van der Waals surface area contributed by atoms with Crippen LogP contribution in [0.1, 0.15) is 5.56 Å². The summed E-state index contributed by atoms with van der Waals surface area (Å²) in [7, 11) is -2.62. The van der Waals surface area contributed by atoms with Crippen molar-refractivity contribution in [3.8, 4) is 5.75 Å². The van der Waals surface area contributed by atoms with Crippen LogP contribution in [0.2, 0.25) is 0 Å². The van der Waals surface area contributed by atoms with Crippen molar-refractivity contribution in [1.82, 2.24) is 4.31 Å². The second kappa shape index (κ2) is 6.89. The topological polar surface area (TPSA) is 63.7 Å². The molecule has 0 atom stereocenters. The molecule has 0 spiro atoms. The van der Waals surface area contributed by atoms with Gasteiger partial charge < -0.3 is 4.74 Å². The summed E-state index contributed by atoms with van der Waals surface area (Å²) in [6.45, 7) is 1.45. The summed E-state index contributed by atoms with van der Waals surface area (Å²) in [5.74, 6) is -0.902. The Bertz CT molecular complexity index is 786. The zero-order chi connectivity index (χ0) is 17.0. The molecule has 5 nitrogen and oxygen atoms in total. The molecule has 0 saturated carbocycles. The Balaban J connectivity index is 2.05. The highest BCUT2D eigenvalue weighted by Crippen LogP contribution is 2.16. The third-order valence-corrected chi connectivity index (χ3v) is 4.94. The van der Waals surface area contributed by atoms with Gasteiger partial charge in [0.2, 0.25) is 10.0 Å². The summed E-state index contributed by atoms with van der Waals surface area (Å²) in [4.78, 5) is 11.8. The normalized spacial score (nSPS) is 11.5. The number of carbonyl (C=O) groups is 1. The predicted molar refractivity (Wildman–Crippen MR) is 83.0 cm³/mol. The Hall–Kier alpha value is -2.25. The molecule has 0 aliphatic carbocycles. The summed E-state index contributed by atoms with van der Waals surface area (Å²) in [5, 5.41) is 0. The van der Waals surface area contributed by atoms with Crippen molar-refractivity contribution in [2.45, 2.75) is 11.8 Å². The second-order valence-corrected chi connectivity index (χ2v) is 7.05. The molecule has 122 valence electrons. The van der Waals surface area contributed by atoms with Crippen LogP contribution in [-0.2, 0) is 14.8 Å². The lowest BCUT2D eigenvalue weighted by Gasteiger charge is -2.16. The van der Waals surface area contributed by atoms with E-state index in [1.807, 2.05) is 6.92 Å². The number of halogens is 1. The van der Waals surface area contributed by atoms with Crippen molar-refractivity contribution >= 4 is 16.0 Å². The second-order valence-electron chi connectivity index (χ2n) is 5.00. The first kappa shape index (κ1) is 17.1. The summed E-state index contributed by atoms with van der Waals surface area (Å²) >= 11 is 0. The molecule has 2 rings (SSSR count). The number of rotatable bonds is 5. The molecule has 7 heteroatoms. The number of esters is 1. The van der Waals surface area contributed by atoms with Crippen molar-refractivity contribution < 1.29 is 22.3 Å². The lowest BCUT2D eigenvalue weighted by Crippen LogP contribution is -2.34. The fourth-order valence-corrected chi connectivity index (χ4v) is 2.94. The van der Waals surface area contributed by atoms with Crippen LogP contribution in [0.5, 0.6) is 5.75 Å². The Morgan fingerprint density at radius 1 is 1.09 bits per heavy atom. The maximum Gasteiger partial charge on any atom is 0.326 e. The molecule has 0 aliphatic rings. The molecule has 23 heavy (non-hydrogen) atoms. The van der Waals surface area contributed by atoms with Gasteiger partial charge in [-0.3, -0.25) is 4.79 Å². The number of likely N-dealkylation sites (N-methyl/N-ethyl adjacent to an activating group) is 1. The molecule has 0 amide bonds. The highest BCUT2D eigenvalue weighted by atomic mass is 32.2.